The average Bonchev–Trinajstić information content (AvgIpc) is 2.60. The molecule has 0 aliphatic rings. The second-order valence-corrected chi connectivity index (χ2v) is 5.84. The summed E-state index contributed by atoms with van der Waals surface area (Å²) < 4.78 is 43.8. The number of amides is 1. The molecule has 0 fully saturated rings. The smallest absolute Gasteiger partial charge is 0.416 e. The van der Waals surface area contributed by atoms with Gasteiger partial charge in [0, 0.05) is 17.4 Å². The van der Waals surface area contributed by atoms with Gasteiger partial charge in [0.2, 0.25) is 5.91 Å². The molecule has 0 saturated heterocycles. The molecule has 0 bridgehead atoms. The van der Waals surface area contributed by atoms with E-state index in [9.17, 15) is 18.0 Å². The van der Waals surface area contributed by atoms with E-state index in [-0.39, 0.29) is 18.3 Å². The van der Waals surface area contributed by atoms with Crippen molar-refractivity contribution in [2.75, 3.05) is 17.2 Å². The van der Waals surface area contributed by atoms with E-state index in [1.54, 1.807) is 18.2 Å². The van der Waals surface area contributed by atoms with Gasteiger partial charge in [-0.3, -0.25) is 4.79 Å². The Bertz CT molecular complexity index is 748. The van der Waals surface area contributed by atoms with Crippen LogP contribution in [0.25, 0.3) is 0 Å². The predicted molar refractivity (Wildman–Crippen MR) is 95.4 cm³/mol. The monoisotopic (exact) mass is 366 g/mol. The highest BCUT2D eigenvalue weighted by Crippen LogP contribution is 2.30. The molecule has 7 heteroatoms. The minimum absolute atomic E-state index is 0.0782. The first-order valence-corrected chi connectivity index (χ1v) is 8.25. The Morgan fingerprint density at radius 2 is 1.81 bits per heavy atom. The lowest BCUT2D eigenvalue weighted by Gasteiger charge is -2.14. The van der Waals surface area contributed by atoms with Crippen LogP contribution >= 0.6 is 0 Å². The van der Waals surface area contributed by atoms with Crippen LogP contribution in [-0.4, -0.2) is 18.6 Å². The second kappa shape index (κ2) is 8.60. The van der Waals surface area contributed by atoms with E-state index in [1.807, 2.05) is 19.9 Å². The Kier molecular flexibility index (Phi) is 6.49. The van der Waals surface area contributed by atoms with E-state index < -0.39 is 17.6 Å². The summed E-state index contributed by atoms with van der Waals surface area (Å²) in [4.78, 5) is 12.0. The first kappa shape index (κ1) is 19.6. The number of nitrogens with one attached hydrogen (secondary N) is 2. The summed E-state index contributed by atoms with van der Waals surface area (Å²) in [6.07, 6.45) is -3.50. The van der Waals surface area contributed by atoms with E-state index in [0.29, 0.717) is 11.4 Å². The average molecular weight is 366 g/mol. The molecule has 2 aromatic rings. The van der Waals surface area contributed by atoms with Crippen molar-refractivity contribution in [2.45, 2.75) is 32.5 Å². The molecule has 0 aromatic heterocycles. The number of anilines is 2. The van der Waals surface area contributed by atoms with Gasteiger partial charge in [0.25, 0.3) is 0 Å². The lowest BCUT2D eigenvalue weighted by molar-refractivity contribution is -0.137. The van der Waals surface area contributed by atoms with Crippen LogP contribution in [0.4, 0.5) is 24.5 Å². The van der Waals surface area contributed by atoms with Crippen LogP contribution in [0.1, 0.15) is 25.8 Å². The first-order valence-electron chi connectivity index (χ1n) is 8.25. The molecule has 0 radical (unpaired) electrons. The van der Waals surface area contributed by atoms with E-state index >= 15 is 0 Å². The Labute approximate surface area is 150 Å². The number of ether oxygens (including phenoxy) is 1. The van der Waals surface area contributed by atoms with Crippen LogP contribution in [-0.2, 0) is 11.0 Å². The minimum Gasteiger partial charge on any atom is -0.491 e. The van der Waals surface area contributed by atoms with Gasteiger partial charge in [-0.05, 0) is 43.7 Å². The summed E-state index contributed by atoms with van der Waals surface area (Å²) in [5.74, 6) is 0.236. The van der Waals surface area contributed by atoms with E-state index in [0.717, 1.165) is 18.6 Å². The SMILES string of the molecule is CCC(C)Oc1cccc(NCC(=O)Nc2cccc(C(F)(F)F)c2)c1. The van der Waals surface area contributed by atoms with Gasteiger partial charge in [-0.15, -0.1) is 0 Å². The summed E-state index contributed by atoms with van der Waals surface area (Å²) in [7, 11) is 0. The Morgan fingerprint density at radius 3 is 2.50 bits per heavy atom. The van der Waals surface area contributed by atoms with Crippen molar-refractivity contribution < 1.29 is 22.7 Å². The Morgan fingerprint density at radius 1 is 1.12 bits per heavy atom. The third-order valence-corrected chi connectivity index (χ3v) is 3.67. The van der Waals surface area contributed by atoms with Crippen molar-refractivity contribution in [1.29, 1.82) is 0 Å². The molecule has 4 nitrogen and oxygen atoms in total. The summed E-state index contributed by atoms with van der Waals surface area (Å²) in [6.45, 7) is 3.90. The van der Waals surface area contributed by atoms with Crippen molar-refractivity contribution >= 4 is 17.3 Å². The van der Waals surface area contributed by atoms with Gasteiger partial charge in [0.15, 0.2) is 0 Å². The molecule has 0 saturated carbocycles. The van der Waals surface area contributed by atoms with Gasteiger partial charge in [0.1, 0.15) is 5.75 Å². The fourth-order valence-electron chi connectivity index (χ4n) is 2.16. The fourth-order valence-corrected chi connectivity index (χ4v) is 2.16. The molecule has 0 heterocycles. The minimum atomic E-state index is -4.45. The standard InChI is InChI=1S/C19H21F3N2O2/c1-3-13(2)26-17-9-5-7-15(11-17)23-12-18(25)24-16-8-4-6-14(10-16)19(20,21)22/h4-11,13,23H,3,12H2,1-2H3,(H,24,25). The maximum absolute atomic E-state index is 12.7. The molecule has 1 unspecified atom stereocenters. The molecule has 0 aliphatic carbocycles. The van der Waals surface area contributed by atoms with Crippen LogP contribution in [0.5, 0.6) is 5.75 Å². The normalized spacial score (nSPS) is 12.3. The number of carbonyl (C=O) groups is 1. The third kappa shape index (κ3) is 5.98. The van der Waals surface area contributed by atoms with Gasteiger partial charge in [-0.2, -0.15) is 13.2 Å². The molecule has 1 amide bonds. The summed E-state index contributed by atoms with van der Waals surface area (Å²) >= 11 is 0. The first-order chi connectivity index (χ1) is 12.3. The van der Waals surface area contributed by atoms with Gasteiger partial charge in [-0.1, -0.05) is 19.1 Å². The topological polar surface area (TPSA) is 50.4 Å². The van der Waals surface area contributed by atoms with Gasteiger partial charge < -0.3 is 15.4 Å². The highest BCUT2D eigenvalue weighted by Gasteiger charge is 2.30. The van der Waals surface area contributed by atoms with Crippen molar-refractivity contribution in [1.82, 2.24) is 0 Å². The zero-order valence-electron chi connectivity index (χ0n) is 14.6. The molecule has 26 heavy (non-hydrogen) atoms. The van der Waals surface area contributed by atoms with Crippen LogP contribution in [0.2, 0.25) is 0 Å². The molecule has 2 aromatic carbocycles. The van der Waals surface area contributed by atoms with E-state index in [4.69, 9.17) is 4.74 Å². The van der Waals surface area contributed by atoms with Crippen molar-refractivity contribution in [3.63, 3.8) is 0 Å². The number of benzene rings is 2. The highest BCUT2D eigenvalue weighted by atomic mass is 19.4. The molecule has 0 aliphatic heterocycles. The molecular formula is C19H21F3N2O2. The van der Waals surface area contributed by atoms with Crippen LogP contribution in [0, 0.1) is 0 Å². The van der Waals surface area contributed by atoms with Gasteiger partial charge in [-0.25, -0.2) is 0 Å². The van der Waals surface area contributed by atoms with Crippen LogP contribution < -0.4 is 15.4 Å². The Hall–Kier alpha value is -2.70. The maximum atomic E-state index is 12.7. The second-order valence-electron chi connectivity index (χ2n) is 5.84. The number of hydrogen-bond donors (Lipinski definition) is 2. The number of alkyl halides is 3. The summed E-state index contributed by atoms with van der Waals surface area (Å²) in [5, 5.41) is 5.37. The largest absolute Gasteiger partial charge is 0.491 e. The van der Waals surface area contributed by atoms with E-state index in [2.05, 4.69) is 10.6 Å². The van der Waals surface area contributed by atoms with Crippen molar-refractivity contribution in [3.8, 4) is 5.75 Å². The number of carbonyl (C=O) groups excluding carboxylic acids is 1. The molecular weight excluding hydrogens is 345 g/mol. The quantitative estimate of drug-likeness (QED) is 0.730. The third-order valence-electron chi connectivity index (χ3n) is 3.67. The molecule has 0 spiro atoms. The zero-order chi connectivity index (χ0) is 19.2. The molecule has 2 N–H and O–H groups in total. The molecule has 1 atom stereocenters. The van der Waals surface area contributed by atoms with Crippen molar-refractivity contribution in [3.05, 3.63) is 54.1 Å². The van der Waals surface area contributed by atoms with Crippen molar-refractivity contribution in [2.24, 2.45) is 0 Å². The van der Waals surface area contributed by atoms with Crippen LogP contribution in [0.3, 0.4) is 0 Å². The Balaban J connectivity index is 1.92. The lowest BCUT2D eigenvalue weighted by Crippen LogP contribution is -2.22. The number of halogens is 3. The number of rotatable bonds is 7. The van der Waals surface area contributed by atoms with Gasteiger partial charge in [0.05, 0.1) is 18.2 Å². The zero-order valence-corrected chi connectivity index (χ0v) is 14.6. The molecule has 140 valence electrons. The maximum Gasteiger partial charge on any atom is 0.416 e. The summed E-state index contributed by atoms with van der Waals surface area (Å²) in [6, 6.07) is 11.7. The fraction of sp³-hybridized carbons (Fsp3) is 0.316. The lowest BCUT2D eigenvalue weighted by atomic mass is 10.2. The number of hydrogen-bond acceptors (Lipinski definition) is 3. The predicted octanol–water partition coefficient (Wildman–Crippen LogP) is 4.93. The van der Waals surface area contributed by atoms with Gasteiger partial charge >= 0.3 is 6.18 Å². The van der Waals surface area contributed by atoms with E-state index in [1.165, 1.54) is 12.1 Å². The van der Waals surface area contributed by atoms with Crippen LogP contribution in [0.15, 0.2) is 48.5 Å². The summed E-state index contributed by atoms with van der Waals surface area (Å²) in [5.41, 5.74) is -0.0244. The highest BCUT2D eigenvalue weighted by molar-refractivity contribution is 5.93. The molecule has 2 rings (SSSR count).